The molecule has 2 unspecified atom stereocenters. The van der Waals surface area contributed by atoms with E-state index < -0.39 is 5.60 Å². The zero-order chi connectivity index (χ0) is 12.8. The van der Waals surface area contributed by atoms with Gasteiger partial charge in [-0.05, 0) is 44.2 Å². The largest absolute Gasteiger partial charge is 0.385 e. The minimum absolute atomic E-state index is 0.571. The van der Waals surface area contributed by atoms with Crippen LogP contribution in [0.1, 0.15) is 42.4 Å². The number of hydrogen-bond acceptors (Lipinski definition) is 3. The van der Waals surface area contributed by atoms with Crippen LogP contribution in [0.2, 0.25) is 0 Å². The van der Waals surface area contributed by atoms with Crippen LogP contribution in [0.4, 0.5) is 0 Å². The van der Waals surface area contributed by atoms with Gasteiger partial charge in [-0.25, -0.2) is 0 Å². The highest BCUT2D eigenvalue weighted by molar-refractivity contribution is 8.00. The summed E-state index contributed by atoms with van der Waals surface area (Å²) in [6.45, 7) is 1.98. The van der Waals surface area contributed by atoms with E-state index in [1.807, 2.05) is 36.9 Å². The van der Waals surface area contributed by atoms with E-state index in [0.717, 1.165) is 24.0 Å². The van der Waals surface area contributed by atoms with E-state index in [2.05, 4.69) is 6.07 Å². The average molecular weight is 259 g/mol. The minimum atomic E-state index is -0.782. The van der Waals surface area contributed by atoms with Crippen molar-refractivity contribution in [2.45, 2.75) is 48.7 Å². The van der Waals surface area contributed by atoms with Crippen LogP contribution in [0.3, 0.4) is 0 Å². The molecule has 0 aliphatic carbocycles. The predicted molar refractivity (Wildman–Crippen MR) is 73.4 cm³/mol. The van der Waals surface area contributed by atoms with E-state index in [1.165, 1.54) is 12.8 Å². The van der Waals surface area contributed by atoms with Gasteiger partial charge in [0.25, 0.3) is 0 Å². The van der Waals surface area contributed by atoms with Crippen molar-refractivity contribution in [1.29, 1.82) is 5.26 Å². The van der Waals surface area contributed by atoms with Gasteiger partial charge in [0, 0.05) is 16.1 Å². The predicted octanol–water partition coefficient (Wildman–Crippen LogP) is 3.11. The number of benzene rings is 1. The molecule has 0 spiro atoms. The summed E-state index contributed by atoms with van der Waals surface area (Å²) in [4.78, 5) is 0. The third-order valence-corrected chi connectivity index (χ3v) is 5.70. The molecule has 2 saturated heterocycles. The van der Waals surface area contributed by atoms with E-state index in [9.17, 15) is 10.4 Å². The third-order valence-electron chi connectivity index (χ3n) is 4.12. The first kappa shape index (κ1) is 12.1. The van der Waals surface area contributed by atoms with Gasteiger partial charge in [-0.2, -0.15) is 17.0 Å². The minimum Gasteiger partial charge on any atom is -0.385 e. The van der Waals surface area contributed by atoms with Crippen LogP contribution in [0.5, 0.6) is 0 Å². The number of hydrogen-bond donors (Lipinski definition) is 1. The number of nitrogens with zero attached hydrogens (tertiary/aromatic N) is 1. The molecule has 0 saturated carbocycles. The normalized spacial score (nSPS) is 34.3. The Morgan fingerprint density at radius 1 is 1.33 bits per heavy atom. The first-order valence-electron chi connectivity index (χ1n) is 6.50. The monoisotopic (exact) mass is 259 g/mol. The maximum atomic E-state index is 11.0. The lowest BCUT2D eigenvalue weighted by molar-refractivity contribution is 0.0194. The van der Waals surface area contributed by atoms with Crippen LogP contribution in [0, 0.1) is 18.3 Å². The van der Waals surface area contributed by atoms with Crippen LogP contribution < -0.4 is 0 Å². The molecule has 2 heterocycles. The van der Waals surface area contributed by atoms with Crippen LogP contribution in [-0.2, 0) is 5.60 Å². The molecule has 1 aromatic carbocycles. The summed E-state index contributed by atoms with van der Waals surface area (Å²) in [5, 5.41) is 21.4. The number of thioether (sulfide) groups is 1. The maximum Gasteiger partial charge on any atom is 0.0995 e. The van der Waals surface area contributed by atoms with Gasteiger partial charge in [-0.1, -0.05) is 12.1 Å². The summed E-state index contributed by atoms with van der Waals surface area (Å²) in [7, 11) is 0. The SMILES string of the molecule is Cc1ccc(C2(O)CC3CCC(C2)S3)c(C#N)c1. The Morgan fingerprint density at radius 2 is 2.00 bits per heavy atom. The molecule has 2 bridgehead atoms. The quantitative estimate of drug-likeness (QED) is 0.842. The van der Waals surface area contributed by atoms with Gasteiger partial charge >= 0.3 is 0 Å². The van der Waals surface area contributed by atoms with Gasteiger partial charge in [0.05, 0.1) is 17.2 Å². The van der Waals surface area contributed by atoms with Crippen molar-refractivity contribution in [2.75, 3.05) is 0 Å². The highest BCUT2D eigenvalue weighted by Crippen LogP contribution is 2.51. The lowest BCUT2D eigenvalue weighted by Gasteiger charge is -2.37. The number of fused-ring (bicyclic) bond motifs is 2. The Hall–Kier alpha value is -0.980. The van der Waals surface area contributed by atoms with Crippen molar-refractivity contribution in [1.82, 2.24) is 0 Å². The van der Waals surface area contributed by atoms with Gasteiger partial charge in [-0.15, -0.1) is 0 Å². The number of aryl methyl sites for hydroxylation is 1. The van der Waals surface area contributed by atoms with E-state index >= 15 is 0 Å². The fourth-order valence-corrected chi connectivity index (χ4v) is 5.13. The molecule has 2 atom stereocenters. The summed E-state index contributed by atoms with van der Waals surface area (Å²) in [6.07, 6.45) is 4.02. The van der Waals surface area contributed by atoms with Crippen molar-refractivity contribution in [3.63, 3.8) is 0 Å². The molecule has 94 valence electrons. The molecule has 1 aromatic rings. The van der Waals surface area contributed by atoms with Gasteiger partial charge in [0.1, 0.15) is 0 Å². The maximum absolute atomic E-state index is 11.0. The Morgan fingerprint density at radius 3 is 2.61 bits per heavy atom. The summed E-state index contributed by atoms with van der Waals surface area (Å²) < 4.78 is 0. The molecular weight excluding hydrogens is 242 g/mol. The fraction of sp³-hybridized carbons (Fsp3) is 0.533. The van der Waals surface area contributed by atoms with Crippen molar-refractivity contribution in [2.24, 2.45) is 0 Å². The Kier molecular flexibility index (Phi) is 2.88. The van der Waals surface area contributed by atoms with Crippen molar-refractivity contribution in [3.05, 3.63) is 34.9 Å². The smallest absolute Gasteiger partial charge is 0.0995 e. The Bertz CT molecular complexity index is 508. The number of aliphatic hydroxyl groups is 1. The Labute approximate surface area is 112 Å². The molecular formula is C15H17NOS. The van der Waals surface area contributed by atoms with E-state index in [1.54, 1.807) is 0 Å². The second kappa shape index (κ2) is 4.29. The molecule has 2 aliphatic heterocycles. The standard InChI is InChI=1S/C15H17NOS/c1-10-2-5-14(11(6-10)9-16)15(17)7-12-3-4-13(8-15)18-12/h2,5-6,12-13,17H,3-4,7-8H2,1H3. The second-order valence-corrected chi connectivity index (χ2v) is 7.16. The molecule has 18 heavy (non-hydrogen) atoms. The van der Waals surface area contributed by atoms with Gasteiger partial charge in [0.15, 0.2) is 0 Å². The lowest BCUT2D eigenvalue weighted by atomic mass is 9.83. The zero-order valence-electron chi connectivity index (χ0n) is 10.5. The molecule has 2 nitrogen and oxygen atoms in total. The highest BCUT2D eigenvalue weighted by Gasteiger charge is 2.45. The molecule has 2 fully saturated rings. The van der Waals surface area contributed by atoms with Crippen molar-refractivity contribution in [3.8, 4) is 6.07 Å². The fourth-order valence-electron chi connectivity index (χ4n) is 3.29. The molecule has 3 heteroatoms. The van der Waals surface area contributed by atoms with E-state index in [0.29, 0.717) is 16.1 Å². The summed E-state index contributed by atoms with van der Waals surface area (Å²) in [6, 6.07) is 8.07. The van der Waals surface area contributed by atoms with Crippen LogP contribution in [-0.4, -0.2) is 15.6 Å². The van der Waals surface area contributed by atoms with Gasteiger partial charge < -0.3 is 5.11 Å². The topological polar surface area (TPSA) is 44.0 Å². The van der Waals surface area contributed by atoms with E-state index in [4.69, 9.17) is 0 Å². The first-order chi connectivity index (χ1) is 8.60. The molecule has 1 N–H and O–H groups in total. The molecule has 0 aromatic heterocycles. The lowest BCUT2D eigenvalue weighted by Crippen LogP contribution is -2.35. The van der Waals surface area contributed by atoms with Crippen LogP contribution >= 0.6 is 11.8 Å². The van der Waals surface area contributed by atoms with Gasteiger partial charge in [0.2, 0.25) is 0 Å². The van der Waals surface area contributed by atoms with Gasteiger partial charge in [-0.3, -0.25) is 0 Å². The second-order valence-electron chi connectivity index (χ2n) is 5.56. The molecule has 0 radical (unpaired) electrons. The van der Waals surface area contributed by atoms with E-state index in [-0.39, 0.29) is 0 Å². The van der Waals surface area contributed by atoms with Crippen molar-refractivity contribution >= 4 is 11.8 Å². The van der Waals surface area contributed by atoms with Crippen LogP contribution in [0.15, 0.2) is 18.2 Å². The summed E-state index contributed by atoms with van der Waals surface area (Å²) in [5.41, 5.74) is 1.78. The third kappa shape index (κ3) is 1.94. The first-order valence-corrected chi connectivity index (χ1v) is 7.44. The molecule has 2 aliphatic rings. The molecule has 0 amide bonds. The summed E-state index contributed by atoms with van der Waals surface area (Å²) >= 11 is 2.02. The van der Waals surface area contributed by atoms with Crippen LogP contribution in [0.25, 0.3) is 0 Å². The van der Waals surface area contributed by atoms with Crippen molar-refractivity contribution < 1.29 is 5.11 Å². The highest BCUT2D eigenvalue weighted by atomic mass is 32.2. The number of rotatable bonds is 1. The summed E-state index contributed by atoms with van der Waals surface area (Å²) in [5.74, 6) is 0. The Balaban J connectivity index is 2.01. The average Bonchev–Trinajstić information content (AvgIpc) is 2.68. The molecule has 3 rings (SSSR count). The number of nitriles is 1. The zero-order valence-corrected chi connectivity index (χ0v) is 11.3.